The minimum Gasteiger partial charge on any atom is -0.348 e. The minimum absolute atomic E-state index is 0.580. The van der Waals surface area contributed by atoms with Gasteiger partial charge in [0.2, 0.25) is 0 Å². The Hall–Kier alpha value is -2.70. The molecule has 3 aromatic heterocycles. The fourth-order valence-corrected chi connectivity index (χ4v) is 3.43. The number of aryl methyl sites for hydroxylation is 2. The molecule has 4 rings (SSSR count). The summed E-state index contributed by atoms with van der Waals surface area (Å²) < 4.78 is 3.94. The van der Waals surface area contributed by atoms with Crippen LogP contribution in [0.4, 0.5) is 0 Å². The van der Waals surface area contributed by atoms with Crippen LogP contribution >= 0.6 is 11.3 Å². The molecular weight excluding hydrogens is 354 g/mol. The lowest BCUT2D eigenvalue weighted by atomic mass is 10.1. The highest BCUT2D eigenvalue weighted by molar-refractivity contribution is 7.13. The van der Waals surface area contributed by atoms with E-state index in [1.54, 1.807) is 11.3 Å². The van der Waals surface area contributed by atoms with Crippen molar-refractivity contribution in [3.05, 3.63) is 83.4 Å². The topological polar surface area (TPSA) is 61.7 Å². The van der Waals surface area contributed by atoms with E-state index in [9.17, 15) is 0 Å². The Morgan fingerprint density at radius 3 is 2.30 bits per heavy atom. The second-order valence-electron chi connectivity index (χ2n) is 6.23. The molecular formula is C21H25N5S. The lowest BCUT2D eigenvalue weighted by molar-refractivity contribution is 0.746. The standard InChI is InChI=1S/C15H15N3S.C6H10N2/c16-9-12-3-5-13(6-4-12)15-17-14(11-19-15)10-18-7-1-2-8-18;1-3-6-4-5-8(2)7-6/h1-8,11H,9-10,16H2;4-5H,3H2,1-2H3. The van der Waals surface area contributed by atoms with Gasteiger partial charge in [-0.2, -0.15) is 5.10 Å². The van der Waals surface area contributed by atoms with Crippen LogP contribution in [0.15, 0.2) is 66.4 Å². The summed E-state index contributed by atoms with van der Waals surface area (Å²) in [5.74, 6) is 0. The first-order valence-corrected chi connectivity index (χ1v) is 9.89. The molecule has 0 amide bonds. The Balaban J connectivity index is 0.000000221. The van der Waals surface area contributed by atoms with Gasteiger partial charge in [0, 0.05) is 43.1 Å². The van der Waals surface area contributed by atoms with Gasteiger partial charge in [-0.1, -0.05) is 31.2 Å². The second-order valence-corrected chi connectivity index (χ2v) is 7.09. The van der Waals surface area contributed by atoms with E-state index in [1.165, 1.54) is 0 Å². The van der Waals surface area contributed by atoms with Crippen molar-refractivity contribution in [3.63, 3.8) is 0 Å². The summed E-state index contributed by atoms with van der Waals surface area (Å²) in [4.78, 5) is 4.68. The molecule has 3 heterocycles. The maximum Gasteiger partial charge on any atom is 0.123 e. The van der Waals surface area contributed by atoms with Gasteiger partial charge in [-0.05, 0) is 30.2 Å². The summed E-state index contributed by atoms with van der Waals surface area (Å²) in [6.07, 6.45) is 7.09. The largest absolute Gasteiger partial charge is 0.348 e. The summed E-state index contributed by atoms with van der Waals surface area (Å²) in [5, 5.41) is 7.32. The molecule has 0 radical (unpaired) electrons. The molecule has 27 heavy (non-hydrogen) atoms. The molecule has 1 aromatic carbocycles. The van der Waals surface area contributed by atoms with E-state index in [2.05, 4.69) is 63.6 Å². The Morgan fingerprint density at radius 1 is 1.00 bits per heavy atom. The highest BCUT2D eigenvalue weighted by Crippen LogP contribution is 2.24. The SMILES string of the molecule is CCc1ccn(C)n1.NCc1ccc(-c2nc(Cn3cccc3)cs2)cc1. The van der Waals surface area contributed by atoms with Crippen LogP contribution in [0.3, 0.4) is 0 Å². The normalized spacial score (nSPS) is 10.5. The number of hydrogen-bond donors (Lipinski definition) is 1. The van der Waals surface area contributed by atoms with Crippen LogP contribution in [0.25, 0.3) is 10.6 Å². The average molecular weight is 380 g/mol. The van der Waals surface area contributed by atoms with E-state index in [0.29, 0.717) is 6.54 Å². The molecule has 2 N–H and O–H groups in total. The van der Waals surface area contributed by atoms with E-state index in [-0.39, 0.29) is 0 Å². The van der Waals surface area contributed by atoms with Crippen LogP contribution in [-0.4, -0.2) is 19.3 Å². The molecule has 6 heteroatoms. The van der Waals surface area contributed by atoms with Crippen LogP contribution in [0, 0.1) is 0 Å². The third-order valence-electron chi connectivity index (χ3n) is 4.13. The molecule has 0 aliphatic heterocycles. The highest BCUT2D eigenvalue weighted by Gasteiger charge is 2.05. The maximum absolute atomic E-state index is 5.60. The number of benzene rings is 1. The van der Waals surface area contributed by atoms with Crippen molar-refractivity contribution < 1.29 is 0 Å². The smallest absolute Gasteiger partial charge is 0.123 e. The van der Waals surface area contributed by atoms with Crippen molar-refractivity contribution in [1.29, 1.82) is 0 Å². The summed E-state index contributed by atoms with van der Waals surface area (Å²) in [6.45, 7) is 3.50. The van der Waals surface area contributed by atoms with Crippen molar-refractivity contribution >= 4 is 11.3 Å². The molecule has 140 valence electrons. The zero-order chi connectivity index (χ0) is 19.1. The van der Waals surface area contributed by atoms with Crippen LogP contribution in [-0.2, 0) is 26.6 Å². The van der Waals surface area contributed by atoms with Crippen molar-refractivity contribution in [2.45, 2.75) is 26.4 Å². The third kappa shape index (κ3) is 5.39. The Bertz CT molecular complexity index is 935. The molecule has 5 nitrogen and oxygen atoms in total. The van der Waals surface area contributed by atoms with Gasteiger partial charge in [0.05, 0.1) is 17.9 Å². The monoisotopic (exact) mass is 379 g/mol. The highest BCUT2D eigenvalue weighted by atomic mass is 32.1. The van der Waals surface area contributed by atoms with Gasteiger partial charge in [-0.15, -0.1) is 11.3 Å². The Kier molecular flexibility index (Phi) is 6.57. The Labute approximate surface area is 164 Å². The zero-order valence-electron chi connectivity index (χ0n) is 15.7. The molecule has 0 unspecified atom stereocenters. The number of aromatic nitrogens is 4. The molecule has 0 saturated heterocycles. The predicted octanol–water partition coefficient (Wildman–Crippen LogP) is 4.10. The number of thiazole rings is 1. The quantitative estimate of drug-likeness (QED) is 0.568. The van der Waals surface area contributed by atoms with Crippen molar-refractivity contribution in [1.82, 2.24) is 19.3 Å². The van der Waals surface area contributed by atoms with Crippen molar-refractivity contribution in [2.24, 2.45) is 12.8 Å². The molecule has 0 saturated carbocycles. The van der Waals surface area contributed by atoms with Crippen LogP contribution in [0.2, 0.25) is 0 Å². The lowest BCUT2D eigenvalue weighted by Gasteiger charge is -2.00. The van der Waals surface area contributed by atoms with E-state index >= 15 is 0 Å². The van der Waals surface area contributed by atoms with Crippen LogP contribution in [0.5, 0.6) is 0 Å². The molecule has 0 spiro atoms. The second kappa shape index (κ2) is 9.30. The molecule has 0 aliphatic rings. The first-order chi connectivity index (χ1) is 13.2. The van der Waals surface area contributed by atoms with Gasteiger partial charge in [0.1, 0.15) is 5.01 Å². The predicted molar refractivity (Wildman–Crippen MR) is 112 cm³/mol. The van der Waals surface area contributed by atoms with Crippen LogP contribution in [0.1, 0.15) is 23.9 Å². The molecule has 4 aromatic rings. The van der Waals surface area contributed by atoms with Crippen LogP contribution < -0.4 is 5.73 Å². The molecule has 0 atom stereocenters. The van der Waals surface area contributed by atoms with Gasteiger partial charge in [0.25, 0.3) is 0 Å². The fraction of sp³-hybridized carbons (Fsp3) is 0.238. The first-order valence-electron chi connectivity index (χ1n) is 9.01. The number of hydrogen-bond acceptors (Lipinski definition) is 4. The van der Waals surface area contributed by atoms with E-state index in [1.807, 2.05) is 36.1 Å². The summed E-state index contributed by atoms with van der Waals surface area (Å²) in [5.41, 5.74) is 10.2. The summed E-state index contributed by atoms with van der Waals surface area (Å²) in [7, 11) is 1.93. The van der Waals surface area contributed by atoms with Gasteiger partial charge >= 0.3 is 0 Å². The van der Waals surface area contributed by atoms with Gasteiger partial charge in [0.15, 0.2) is 0 Å². The van der Waals surface area contributed by atoms with Crippen molar-refractivity contribution in [2.75, 3.05) is 0 Å². The van der Waals surface area contributed by atoms with Gasteiger partial charge in [-0.3, -0.25) is 4.68 Å². The average Bonchev–Trinajstić information content (AvgIpc) is 3.45. The van der Waals surface area contributed by atoms with E-state index in [4.69, 9.17) is 5.73 Å². The summed E-state index contributed by atoms with van der Waals surface area (Å²) in [6, 6.07) is 14.4. The Morgan fingerprint density at radius 2 is 1.74 bits per heavy atom. The fourth-order valence-electron chi connectivity index (χ4n) is 2.61. The minimum atomic E-state index is 0.580. The third-order valence-corrected chi connectivity index (χ3v) is 5.07. The van der Waals surface area contributed by atoms with Crippen molar-refractivity contribution in [3.8, 4) is 10.6 Å². The maximum atomic E-state index is 5.60. The van der Waals surface area contributed by atoms with E-state index in [0.717, 1.165) is 40.5 Å². The van der Waals surface area contributed by atoms with E-state index < -0.39 is 0 Å². The molecule has 0 bridgehead atoms. The zero-order valence-corrected chi connectivity index (χ0v) is 16.6. The number of nitrogens with zero attached hydrogens (tertiary/aromatic N) is 4. The summed E-state index contributed by atoms with van der Waals surface area (Å²) >= 11 is 1.68. The molecule has 0 aliphatic carbocycles. The lowest BCUT2D eigenvalue weighted by Crippen LogP contribution is -1.96. The van der Waals surface area contributed by atoms with Gasteiger partial charge in [-0.25, -0.2) is 4.98 Å². The number of rotatable bonds is 5. The molecule has 0 fully saturated rings. The first kappa shape index (κ1) is 19.1. The van der Waals surface area contributed by atoms with Gasteiger partial charge < -0.3 is 10.3 Å². The number of nitrogens with two attached hydrogens (primary N) is 1.